The zero-order valence-corrected chi connectivity index (χ0v) is 17.9. The van der Waals surface area contributed by atoms with Crippen LogP contribution in [0, 0.1) is 0 Å². The molecule has 158 valence electrons. The third-order valence-electron chi connectivity index (χ3n) is 4.63. The average Bonchev–Trinajstić information content (AvgIpc) is 2.73. The van der Waals surface area contributed by atoms with Crippen molar-refractivity contribution in [3.8, 4) is 22.6 Å². The van der Waals surface area contributed by atoms with Crippen LogP contribution in [0.4, 0.5) is 0 Å². The maximum Gasteiger partial charge on any atom is 0.347 e. The predicted molar refractivity (Wildman–Crippen MR) is 115 cm³/mol. The minimum absolute atomic E-state index is 0.103. The second-order valence-electron chi connectivity index (χ2n) is 6.96. The first-order chi connectivity index (χ1) is 14.4. The molecule has 3 rings (SSSR count). The molecule has 0 atom stereocenters. The largest absolute Gasteiger partial charge is 0.497 e. The van der Waals surface area contributed by atoms with E-state index in [-0.39, 0.29) is 24.0 Å². The molecular weight excluding hydrogens is 384 g/mol. The highest BCUT2D eigenvalue weighted by Gasteiger charge is 2.26. The molecule has 30 heavy (non-hydrogen) atoms. The Morgan fingerprint density at radius 3 is 2.40 bits per heavy atom. The van der Waals surface area contributed by atoms with Gasteiger partial charge in [0, 0.05) is 18.3 Å². The summed E-state index contributed by atoms with van der Waals surface area (Å²) >= 11 is 0. The Morgan fingerprint density at radius 2 is 1.83 bits per heavy atom. The number of methoxy groups -OCH3 is 1. The van der Waals surface area contributed by atoms with Crippen molar-refractivity contribution in [2.45, 2.75) is 40.3 Å². The van der Waals surface area contributed by atoms with E-state index in [1.807, 2.05) is 51.1 Å². The molecule has 0 unspecified atom stereocenters. The second kappa shape index (κ2) is 8.98. The molecule has 0 saturated carbocycles. The van der Waals surface area contributed by atoms with Crippen LogP contribution in [0.1, 0.15) is 38.1 Å². The number of carbonyl (C=O) groups is 1. The highest BCUT2D eigenvalue weighted by atomic mass is 16.5. The van der Waals surface area contributed by atoms with Gasteiger partial charge in [0.2, 0.25) is 0 Å². The van der Waals surface area contributed by atoms with Crippen LogP contribution < -0.4 is 15.0 Å². The van der Waals surface area contributed by atoms with E-state index in [1.165, 1.54) is 4.57 Å². The van der Waals surface area contributed by atoms with Gasteiger partial charge in [-0.15, -0.1) is 0 Å². The van der Waals surface area contributed by atoms with E-state index in [9.17, 15) is 9.59 Å². The fraction of sp³-hybridized carbons (Fsp3) is 0.348. The molecule has 0 radical (unpaired) electrons. The summed E-state index contributed by atoms with van der Waals surface area (Å²) in [7, 11) is 1.61. The van der Waals surface area contributed by atoms with Gasteiger partial charge in [0.1, 0.15) is 11.4 Å². The molecule has 0 N–H and O–H groups in total. The van der Waals surface area contributed by atoms with Crippen LogP contribution in [0.3, 0.4) is 0 Å². The fourth-order valence-electron chi connectivity index (χ4n) is 3.28. The molecular formula is C23H26N2O5. The zero-order chi connectivity index (χ0) is 21.8. The minimum atomic E-state index is -0.697. The van der Waals surface area contributed by atoms with Gasteiger partial charge in [-0.05, 0) is 51.5 Å². The van der Waals surface area contributed by atoms with Crippen LogP contribution in [0.25, 0.3) is 22.2 Å². The van der Waals surface area contributed by atoms with E-state index >= 15 is 0 Å². The van der Waals surface area contributed by atoms with Gasteiger partial charge in [0.15, 0.2) is 11.3 Å². The molecule has 2 heterocycles. The summed E-state index contributed by atoms with van der Waals surface area (Å²) in [6, 6.07) is 9.46. The van der Waals surface area contributed by atoms with Crippen molar-refractivity contribution in [2.75, 3.05) is 13.7 Å². The Kier molecular flexibility index (Phi) is 6.40. The Hall–Kier alpha value is -3.35. The number of fused-ring (bicyclic) bond motifs is 1. The molecule has 0 aliphatic rings. The van der Waals surface area contributed by atoms with E-state index in [2.05, 4.69) is 4.98 Å². The lowest BCUT2D eigenvalue weighted by atomic mass is 10.0. The summed E-state index contributed by atoms with van der Waals surface area (Å²) in [6.07, 6.45) is 1.46. The van der Waals surface area contributed by atoms with E-state index < -0.39 is 11.5 Å². The summed E-state index contributed by atoms with van der Waals surface area (Å²) in [5.41, 5.74) is 1.64. The van der Waals surface area contributed by atoms with Gasteiger partial charge in [-0.25, -0.2) is 9.78 Å². The molecule has 7 heteroatoms. The Labute approximate surface area is 175 Å². The first-order valence-corrected chi connectivity index (χ1v) is 9.95. The maximum atomic E-state index is 13.1. The number of aryl methyl sites for hydroxylation is 1. The normalized spacial score (nSPS) is 11.0. The minimum Gasteiger partial charge on any atom is -0.497 e. The molecule has 0 saturated heterocycles. The van der Waals surface area contributed by atoms with Crippen LogP contribution in [0.15, 0.2) is 41.3 Å². The van der Waals surface area contributed by atoms with Gasteiger partial charge in [0.25, 0.3) is 5.56 Å². The van der Waals surface area contributed by atoms with Crippen molar-refractivity contribution in [1.82, 2.24) is 9.55 Å². The Morgan fingerprint density at radius 1 is 1.13 bits per heavy atom. The molecule has 0 aliphatic carbocycles. The quantitative estimate of drug-likeness (QED) is 0.547. The number of ether oxygens (including phenoxy) is 3. The molecule has 0 fully saturated rings. The SMILES string of the molecule is CCOC(=O)c1c(OC(C)C)c2cc(-c3ccc(OC)cc3)cnc2n(CC)c1=O. The summed E-state index contributed by atoms with van der Waals surface area (Å²) in [5, 5.41) is 0.585. The Bertz CT molecular complexity index is 1120. The first-order valence-electron chi connectivity index (χ1n) is 9.95. The van der Waals surface area contributed by atoms with Crippen molar-refractivity contribution >= 4 is 17.0 Å². The van der Waals surface area contributed by atoms with Crippen LogP contribution in [0.5, 0.6) is 11.5 Å². The van der Waals surface area contributed by atoms with Gasteiger partial charge in [0.05, 0.1) is 25.2 Å². The van der Waals surface area contributed by atoms with Crippen molar-refractivity contribution in [1.29, 1.82) is 0 Å². The molecule has 0 bridgehead atoms. The van der Waals surface area contributed by atoms with Gasteiger partial charge in [-0.1, -0.05) is 12.1 Å². The van der Waals surface area contributed by atoms with Crippen molar-refractivity contribution in [2.24, 2.45) is 0 Å². The van der Waals surface area contributed by atoms with E-state index in [0.717, 1.165) is 16.9 Å². The van der Waals surface area contributed by atoms with Crippen LogP contribution in [-0.2, 0) is 11.3 Å². The lowest BCUT2D eigenvalue weighted by molar-refractivity contribution is 0.0517. The lowest BCUT2D eigenvalue weighted by Crippen LogP contribution is -2.29. The standard InChI is InChI=1S/C23H26N2O5/c1-6-25-21-18(12-16(13-24-21)15-8-10-17(28-5)11-9-15)20(30-14(3)4)19(22(25)26)23(27)29-7-2/h8-14H,6-7H2,1-5H3. The van der Waals surface area contributed by atoms with Crippen molar-refractivity contribution in [3.05, 3.63) is 52.4 Å². The third kappa shape index (κ3) is 4.01. The zero-order valence-electron chi connectivity index (χ0n) is 17.9. The maximum absolute atomic E-state index is 13.1. The number of rotatable bonds is 7. The number of benzene rings is 1. The second-order valence-corrected chi connectivity index (χ2v) is 6.96. The Balaban J connectivity index is 2.33. The molecule has 0 aliphatic heterocycles. The topological polar surface area (TPSA) is 79.7 Å². The van der Waals surface area contributed by atoms with Gasteiger partial charge < -0.3 is 14.2 Å². The number of pyridine rings is 2. The number of nitrogens with zero attached hydrogens (tertiary/aromatic N) is 2. The number of aromatic nitrogens is 2. The van der Waals surface area contributed by atoms with Gasteiger partial charge in [-0.2, -0.15) is 0 Å². The number of hydrogen-bond acceptors (Lipinski definition) is 6. The predicted octanol–water partition coefficient (Wildman–Crippen LogP) is 4.06. The van der Waals surface area contributed by atoms with Crippen LogP contribution in [-0.4, -0.2) is 35.3 Å². The summed E-state index contributed by atoms with van der Waals surface area (Å²) in [5.74, 6) is 0.258. The smallest absolute Gasteiger partial charge is 0.347 e. The summed E-state index contributed by atoms with van der Waals surface area (Å²) in [4.78, 5) is 30.3. The molecule has 0 amide bonds. The van der Waals surface area contributed by atoms with E-state index in [4.69, 9.17) is 14.2 Å². The van der Waals surface area contributed by atoms with Crippen LogP contribution in [0.2, 0.25) is 0 Å². The molecule has 1 aromatic carbocycles. The molecule has 3 aromatic rings. The molecule has 2 aromatic heterocycles. The van der Waals surface area contributed by atoms with Crippen molar-refractivity contribution < 1.29 is 19.0 Å². The van der Waals surface area contributed by atoms with E-state index in [1.54, 1.807) is 20.2 Å². The highest BCUT2D eigenvalue weighted by Crippen LogP contribution is 2.32. The third-order valence-corrected chi connectivity index (χ3v) is 4.63. The van der Waals surface area contributed by atoms with Gasteiger partial charge in [-0.3, -0.25) is 9.36 Å². The monoisotopic (exact) mass is 410 g/mol. The molecule has 0 spiro atoms. The lowest BCUT2D eigenvalue weighted by Gasteiger charge is -2.18. The number of carbonyl (C=O) groups excluding carboxylic acids is 1. The average molecular weight is 410 g/mol. The van der Waals surface area contributed by atoms with Crippen LogP contribution >= 0.6 is 0 Å². The molecule has 7 nitrogen and oxygen atoms in total. The number of esters is 1. The summed E-state index contributed by atoms with van der Waals surface area (Å²) < 4.78 is 17.8. The van der Waals surface area contributed by atoms with E-state index in [0.29, 0.717) is 17.6 Å². The van der Waals surface area contributed by atoms with Gasteiger partial charge >= 0.3 is 5.97 Å². The number of hydrogen-bond donors (Lipinski definition) is 0. The fourth-order valence-corrected chi connectivity index (χ4v) is 3.28. The summed E-state index contributed by atoms with van der Waals surface area (Å²) in [6.45, 7) is 7.73. The van der Waals surface area contributed by atoms with Crippen molar-refractivity contribution in [3.63, 3.8) is 0 Å². The highest BCUT2D eigenvalue weighted by molar-refractivity contribution is 6.00. The first kappa shape index (κ1) is 21.4.